The van der Waals surface area contributed by atoms with E-state index in [-0.39, 0.29) is 24.3 Å². The van der Waals surface area contributed by atoms with Crippen molar-refractivity contribution in [3.63, 3.8) is 0 Å². The average Bonchev–Trinajstić information content (AvgIpc) is 3.14. The van der Waals surface area contributed by atoms with E-state index in [1.165, 1.54) is 24.2 Å². The number of nitrogens with zero attached hydrogens (tertiary/aromatic N) is 6. The van der Waals surface area contributed by atoms with Gasteiger partial charge in [-0.25, -0.2) is 4.98 Å². The minimum Gasteiger partial charge on any atom is -0.353 e. The van der Waals surface area contributed by atoms with Crippen LogP contribution in [0, 0.1) is 0 Å². The smallest absolute Gasteiger partial charge is 0.261 e. The normalized spacial score (nSPS) is 18.5. The molecule has 9 heteroatoms. The highest BCUT2D eigenvalue weighted by Gasteiger charge is 2.34. The lowest BCUT2D eigenvalue weighted by Gasteiger charge is -2.36. The molecule has 34 heavy (non-hydrogen) atoms. The van der Waals surface area contributed by atoms with Gasteiger partial charge in [-0.1, -0.05) is 12.1 Å². The van der Waals surface area contributed by atoms with Gasteiger partial charge < -0.3 is 14.7 Å². The Labute approximate surface area is 199 Å². The lowest BCUT2D eigenvalue weighted by Crippen LogP contribution is -2.49. The molecule has 0 radical (unpaired) electrons. The molecular formula is C25H30N6O3. The average molecular weight is 463 g/mol. The van der Waals surface area contributed by atoms with Crippen LogP contribution in [0.2, 0.25) is 0 Å². The van der Waals surface area contributed by atoms with Gasteiger partial charge in [0.15, 0.2) is 0 Å². The van der Waals surface area contributed by atoms with E-state index in [1.54, 1.807) is 24.3 Å². The number of fused-ring (bicyclic) bond motifs is 1. The van der Waals surface area contributed by atoms with Gasteiger partial charge in [0, 0.05) is 58.4 Å². The molecular weight excluding hydrogens is 432 g/mol. The first-order valence-electron chi connectivity index (χ1n) is 12.2. The highest BCUT2D eigenvalue weighted by atomic mass is 16.2. The monoisotopic (exact) mass is 462 g/mol. The van der Waals surface area contributed by atoms with E-state index in [0.717, 1.165) is 37.9 Å². The minimum absolute atomic E-state index is 0.0629. The van der Waals surface area contributed by atoms with Gasteiger partial charge in [0.2, 0.25) is 11.9 Å². The number of imide groups is 1. The molecule has 3 aliphatic heterocycles. The summed E-state index contributed by atoms with van der Waals surface area (Å²) in [4.78, 5) is 54.5. The SMILES string of the molecule is O=C(CCCN1C(=O)c2ccccc2C1=O)N1CCN(c2ccnc(N3CCCCC3)n2)CC1. The van der Waals surface area contributed by atoms with Crippen LogP contribution < -0.4 is 9.80 Å². The van der Waals surface area contributed by atoms with Crippen molar-refractivity contribution >= 4 is 29.5 Å². The van der Waals surface area contributed by atoms with Crippen molar-refractivity contribution in [2.45, 2.75) is 32.1 Å². The van der Waals surface area contributed by atoms with Crippen molar-refractivity contribution in [1.82, 2.24) is 19.8 Å². The second-order valence-electron chi connectivity index (χ2n) is 9.04. The second-order valence-corrected chi connectivity index (χ2v) is 9.04. The standard InChI is InChI=1S/C25H30N6O3/c32-22(9-6-14-31-23(33)19-7-2-3-8-20(19)24(31)34)29-17-15-28(16-18-29)21-10-11-26-25(27-21)30-12-4-1-5-13-30/h2-3,7-8,10-11H,1,4-6,9,12-18H2. The van der Waals surface area contributed by atoms with Crippen LogP contribution in [0.15, 0.2) is 36.5 Å². The third-order valence-corrected chi connectivity index (χ3v) is 6.87. The fourth-order valence-corrected chi connectivity index (χ4v) is 4.94. The van der Waals surface area contributed by atoms with E-state index in [1.807, 2.05) is 17.2 Å². The van der Waals surface area contributed by atoms with Crippen molar-refractivity contribution in [2.24, 2.45) is 0 Å². The molecule has 0 unspecified atom stereocenters. The number of carbonyl (C=O) groups is 3. The first-order chi connectivity index (χ1) is 16.6. The quantitative estimate of drug-likeness (QED) is 0.608. The van der Waals surface area contributed by atoms with Gasteiger partial charge in [0.1, 0.15) is 5.82 Å². The molecule has 2 aromatic rings. The van der Waals surface area contributed by atoms with Crippen molar-refractivity contribution in [1.29, 1.82) is 0 Å². The third kappa shape index (κ3) is 4.47. The number of piperidine rings is 1. The lowest BCUT2D eigenvalue weighted by atomic mass is 10.1. The topological polar surface area (TPSA) is 90.0 Å². The molecule has 0 aliphatic carbocycles. The number of hydrogen-bond acceptors (Lipinski definition) is 7. The first kappa shape index (κ1) is 22.3. The van der Waals surface area contributed by atoms with E-state index >= 15 is 0 Å². The predicted molar refractivity (Wildman–Crippen MR) is 128 cm³/mol. The molecule has 9 nitrogen and oxygen atoms in total. The number of anilines is 2. The summed E-state index contributed by atoms with van der Waals surface area (Å²) in [5.74, 6) is 1.23. The highest BCUT2D eigenvalue weighted by Crippen LogP contribution is 2.23. The van der Waals surface area contributed by atoms with Crippen molar-refractivity contribution in [3.8, 4) is 0 Å². The Morgan fingerprint density at radius 3 is 2.18 bits per heavy atom. The Morgan fingerprint density at radius 2 is 1.50 bits per heavy atom. The van der Waals surface area contributed by atoms with Gasteiger partial charge in [0.05, 0.1) is 11.1 Å². The zero-order valence-electron chi connectivity index (χ0n) is 19.4. The molecule has 2 saturated heterocycles. The number of aromatic nitrogens is 2. The number of benzene rings is 1. The fraction of sp³-hybridized carbons (Fsp3) is 0.480. The van der Waals surface area contributed by atoms with Crippen molar-refractivity contribution in [3.05, 3.63) is 47.7 Å². The number of hydrogen-bond donors (Lipinski definition) is 0. The van der Waals surface area contributed by atoms with Crippen molar-refractivity contribution < 1.29 is 14.4 Å². The molecule has 178 valence electrons. The molecule has 4 heterocycles. The van der Waals surface area contributed by atoms with E-state index in [9.17, 15) is 14.4 Å². The van der Waals surface area contributed by atoms with Crippen LogP contribution >= 0.6 is 0 Å². The van der Waals surface area contributed by atoms with Crippen LogP contribution in [-0.4, -0.2) is 83.3 Å². The predicted octanol–water partition coefficient (Wildman–Crippen LogP) is 2.19. The van der Waals surface area contributed by atoms with Crippen LogP contribution in [0.25, 0.3) is 0 Å². The Morgan fingerprint density at radius 1 is 0.824 bits per heavy atom. The molecule has 5 rings (SSSR count). The Balaban J connectivity index is 1.09. The lowest BCUT2D eigenvalue weighted by molar-refractivity contribution is -0.131. The van der Waals surface area contributed by atoms with Gasteiger partial charge in [-0.3, -0.25) is 19.3 Å². The largest absolute Gasteiger partial charge is 0.353 e. The molecule has 3 aliphatic rings. The van der Waals surface area contributed by atoms with Crippen molar-refractivity contribution in [2.75, 3.05) is 55.6 Å². The van der Waals surface area contributed by atoms with Gasteiger partial charge in [0.25, 0.3) is 11.8 Å². The maximum atomic E-state index is 12.7. The summed E-state index contributed by atoms with van der Waals surface area (Å²) in [6.07, 6.45) is 6.24. The molecule has 3 amide bonds. The molecule has 1 aromatic heterocycles. The maximum Gasteiger partial charge on any atom is 0.261 e. The minimum atomic E-state index is -0.268. The summed E-state index contributed by atoms with van der Waals surface area (Å²) in [5.41, 5.74) is 0.895. The number of carbonyl (C=O) groups excluding carboxylic acids is 3. The Bertz CT molecular complexity index is 1040. The van der Waals surface area contributed by atoms with E-state index in [2.05, 4.69) is 14.8 Å². The molecule has 0 N–H and O–H groups in total. The molecule has 1 aromatic carbocycles. The molecule has 2 fully saturated rings. The molecule has 0 bridgehead atoms. The van der Waals surface area contributed by atoms with E-state index in [4.69, 9.17) is 4.98 Å². The zero-order valence-corrected chi connectivity index (χ0v) is 19.4. The van der Waals surface area contributed by atoms with Gasteiger partial charge in [-0.2, -0.15) is 4.98 Å². The van der Waals surface area contributed by atoms with Crippen LogP contribution in [0.3, 0.4) is 0 Å². The number of amides is 3. The third-order valence-electron chi connectivity index (χ3n) is 6.87. The van der Waals surface area contributed by atoms with Gasteiger partial charge in [-0.15, -0.1) is 0 Å². The molecule has 0 atom stereocenters. The summed E-state index contributed by atoms with van der Waals surface area (Å²) in [6, 6.07) is 8.80. The summed E-state index contributed by atoms with van der Waals surface area (Å²) >= 11 is 0. The van der Waals surface area contributed by atoms with E-state index < -0.39 is 0 Å². The zero-order chi connectivity index (χ0) is 23.5. The second kappa shape index (κ2) is 9.79. The van der Waals surface area contributed by atoms with Crippen LogP contribution in [0.5, 0.6) is 0 Å². The first-order valence-corrected chi connectivity index (χ1v) is 12.2. The maximum absolute atomic E-state index is 12.7. The van der Waals surface area contributed by atoms with Gasteiger partial charge >= 0.3 is 0 Å². The van der Waals surface area contributed by atoms with Crippen LogP contribution in [-0.2, 0) is 4.79 Å². The summed E-state index contributed by atoms with van der Waals surface area (Å²) in [7, 11) is 0. The van der Waals surface area contributed by atoms with E-state index in [0.29, 0.717) is 37.1 Å². The van der Waals surface area contributed by atoms with Crippen LogP contribution in [0.1, 0.15) is 52.8 Å². The van der Waals surface area contributed by atoms with Crippen LogP contribution in [0.4, 0.5) is 11.8 Å². The Hall–Kier alpha value is -3.49. The Kier molecular flexibility index (Phi) is 6.42. The molecule has 0 saturated carbocycles. The summed E-state index contributed by atoms with van der Waals surface area (Å²) in [5, 5.41) is 0. The summed E-state index contributed by atoms with van der Waals surface area (Å²) in [6.45, 7) is 4.99. The molecule has 0 spiro atoms. The summed E-state index contributed by atoms with van der Waals surface area (Å²) < 4.78 is 0. The number of rotatable bonds is 6. The highest BCUT2D eigenvalue weighted by molar-refractivity contribution is 6.21. The number of piperazine rings is 1. The van der Waals surface area contributed by atoms with Gasteiger partial charge in [-0.05, 0) is 43.9 Å². The fourth-order valence-electron chi connectivity index (χ4n) is 4.94.